The van der Waals surface area contributed by atoms with Gasteiger partial charge in [-0.2, -0.15) is 0 Å². The van der Waals surface area contributed by atoms with E-state index < -0.39 is 0 Å². The molecule has 2 aromatic heterocycles. The maximum absolute atomic E-state index is 5.69. The molecule has 0 atom stereocenters. The lowest BCUT2D eigenvalue weighted by Gasteiger charge is -2.24. The quantitative estimate of drug-likeness (QED) is 0.779. The van der Waals surface area contributed by atoms with Crippen LogP contribution in [0.15, 0.2) is 18.5 Å². The van der Waals surface area contributed by atoms with Gasteiger partial charge in [0.05, 0.1) is 18.3 Å². The van der Waals surface area contributed by atoms with Crippen molar-refractivity contribution in [1.29, 1.82) is 0 Å². The van der Waals surface area contributed by atoms with Gasteiger partial charge in [0.25, 0.3) is 0 Å². The van der Waals surface area contributed by atoms with Crippen molar-refractivity contribution in [2.45, 2.75) is 52.4 Å². The van der Waals surface area contributed by atoms with Crippen molar-refractivity contribution in [1.82, 2.24) is 9.97 Å². The topological polar surface area (TPSA) is 35.0 Å². The molecule has 0 aliphatic carbocycles. The minimum atomic E-state index is -0.0409. The Morgan fingerprint density at radius 3 is 2.10 bits per heavy atom. The van der Waals surface area contributed by atoms with Gasteiger partial charge in [-0.1, -0.05) is 41.5 Å². The molecular formula is C17H24N2O. The summed E-state index contributed by atoms with van der Waals surface area (Å²) in [6.07, 6.45) is 3.78. The highest BCUT2D eigenvalue weighted by molar-refractivity contribution is 5.88. The zero-order chi connectivity index (χ0) is 15.1. The van der Waals surface area contributed by atoms with Crippen LogP contribution in [0.1, 0.15) is 52.8 Å². The van der Waals surface area contributed by atoms with Crippen LogP contribution in [-0.2, 0) is 10.8 Å². The number of rotatable bonds is 1. The fourth-order valence-electron chi connectivity index (χ4n) is 2.40. The predicted octanol–water partition coefficient (Wildman–Crippen LogP) is 4.23. The molecule has 0 amide bonds. The van der Waals surface area contributed by atoms with Crippen molar-refractivity contribution in [3.05, 3.63) is 29.7 Å². The number of ether oxygens (including phenoxy) is 1. The number of hydrogen-bond donors (Lipinski definition) is 0. The van der Waals surface area contributed by atoms with E-state index in [0.717, 1.165) is 27.9 Å². The van der Waals surface area contributed by atoms with Crippen LogP contribution in [-0.4, -0.2) is 17.1 Å². The Kier molecular flexibility index (Phi) is 3.49. The summed E-state index contributed by atoms with van der Waals surface area (Å²) in [4.78, 5) is 9.21. The molecule has 0 radical (unpaired) electrons. The fraction of sp³-hybridized carbons (Fsp3) is 0.529. The van der Waals surface area contributed by atoms with E-state index in [2.05, 4.69) is 51.5 Å². The molecule has 0 spiro atoms. The van der Waals surface area contributed by atoms with E-state index in [9.17, 15) is 0 Å². The van der Waals surface area contributed by atoms with E-state index in [-0.39, 0.29) is 10.8 Å². The summed E-state index contributed by atoms with van der Waals surface area (Å²) in [6.45, 7) is 13.0. The molecule has 3 heteroatoms. The van der Waals surface area contributed by atoms with E-state index in [1.54, 1.807) is 7.11 Å². The summed E-state index contributed by atoms with van der Waals surface area (Å²) in [5.74, 6) is 0.912. The average Bonchev–Trinajstić information content (AvgIpc) is 2.34. The number of methoxy groups -OCH3 is 1. The highest BCUT2D eigenvalue weighted by Gasteiger charge is 2.25. The maximum atomic E-state index is 5.69. The Labute approximate surface area is 121 Å². The molecule has 2 heterocycles. The second-order valence-corrected chi connectivity index (χ2v) is 7.26. The van der Waals surface area contributed by atoms with Crippen molar-refractivity contribution in [3.8, 4) is 5.75 Å². The fourth-order valence-corrected chi connectivity index (χ4v) is 2.40. The first-order valence-electron chi connectivity index (χ1n) is 6.99. The highest BCUT2D eigenvalue weighted by atomic mass is 16.5. The molecule has 2 aromatic rings. The third kappa shape index (κ3) is 2.49. The Hall–Kier alpha value is -1.64. The molecule has 0 aliphatic heterocycles. The standard InChI is InChI=1S/C17H24N2O/c1-16(2,3)12-10-19-13-11(14(12)20-7)8-9-18-15(13)17(4,5)6/h8-10H,1-7H3. The molecule has 0 bridgehead atoms. The van der Waals surface area contributed by atoms with Crippen molar-refractivity contribution in [2.24, 2.45) is 0 Å². The second kappa shape index (κ2) is 4.72. The molecule has 0 fully saturated rings. The number of hydrogen-bond acceptors (Lipinski definition) is 3. The number of nitrogens with zero attached hydrogens (tertiary/aromatic N) is 2. The smallest absolute Gasteiger partial charge is 0.133 e. The minimum Gasteiger partial charge on any atom is -0.496 e. The summed E-state index contributed by atoms with van der Waals surface area (Å²) in [5.41, 5.74) is 3.02. The van der Waals surface area contributed by atoms with Gasteiger partial charge < -0.3 is 4.74 Å². The molecule has 0 N–H and O–H groups in total. The zero-order valence-corrected chi connectivity index (χ0v) is 13.5. The summed E-state index contributed by atoms with van der Waals surface area (Å²) in [6, 6.07) is 1.99. The van der Waals surface area contributed by atoms with Crippen LogP contribution in [0, 0.1) is 0 Å². The first-order chi connectivity index (χ1) is 9.16. The number of pyridine rings is 2. The van der Waals surface area contributed by atoms with Crippen LogP contribution in [0.5, 0.6) is 5.75 Å². The third-order valence-corrected chi connectivity index (χ3v) is 3.46. The number of aromatic nitrogens is 2. The van der Waals surface area contributed by atoms with Crippen LogP contribution in [0.25, 0.3) is 10.9 Å². The van der Waals surface area contributed by atoms with Gasteiger partial charge in [0, 0.05) is 28.8 Å². The molecule has 2 rings (SSSR count). The first kappa shape index (κ1) is 14.8. The lowest BCUT2D eigenvalue weighted by atomic mass is 9.85. The summed E-state index contributed by atoms with van der Waals surface area (Å²) in [7, 11) is 1.72. The molecule has 0 aromatic carbocycles. The minimum absolute atomic E-state index is 0.00228. The van der Waals surface area contributed by atoms with Gasteiger partial charge in [0.2, 0.25) is 0 Å². The maximum Gasteiger partial charge on any atom is 0.133 e. The average molecular weight is 272 g/mol. The van der Waals surface area contributed by atoms with Gasteiger partial charge in [0.1, 0.15) is 5.75 Å². The molecular weight excluding hydrogens is 248 g/mol. The van der Waals surface area contributed by atoms with Gasteiger partial charge in [-0.3, -0.25) is 9.97 Å². The normalized spacial score (nSPS) is 12.8. The van der Waals surface area contributed by atoms with Gasteiger partial charge in [-0.15, -0.1) is 0 Å². The van der Waals surface area contributed by atoms with Crippen LogP contribution < -0.4 is 4.74 Å². The Bertz CT molecular complexity index is 634. The van der Waals surface area contributed by atoms with E-state index in [1.165, 1.54) is 0 Å². The third-order valence-electron chi connectivity index (χ3n) is 3.46. The monoisotopic (exact) mass is 272 g/mol. The summed E-state index contributed by atoms with van der Waals surface area (Å²) in [5, 5.41) is 1.04. The molecule has 0 aliphatic rings. The predicted molar refractivity (Wildman–Crippen MR) is 83.5 cm³/mol. The molecule has 108 valence electrons. The van der Waals surface area contributed by atoms with E-state index in [0.29, 0.717) is 0 Å². The molecule has 0 saturated carbocycles. The Morgan fingerprint density at radius 1 is 0.950 bits per heavy atom. The van der Waals surface area contributed by atoms with E-state index >= 15 is 0 Å². The van der Waals surface area contributed by atoms with Gasteiger partial charge >= 0.3 is 0 Å². The van der Waals surface area contributed by atoms with Crippen molar-refractivity contribution in [3.63, 3.8) is 0 Å². The lowest BCUT2D eigenvalue weighted by molar-refractivity contribution is 0.402. The molecule has 0 saturated heterocycles. The van der Waals surface area contributed by atoms with Gasteiger partial charge in [-0.05, 0) is 11.5 Å². The molecule has 20 heavy (non-hydrogen) atoms. The van der Waals surface area contributed by atoms with Crippen molar-refractivity contribution in [2.75, 3.05) is 7.11 Å². The summed E-state index contributed by atoms with van der Waals surface area (Å²) >= 11 is 0. The Balaban J connectivity index is 2.84. The number of fused-ring (bicyclic) bond motifs is 1. The first-order valence-corrected chi connectivity index (χ1v) is 6.99. The molecule has 3 nitrogen and oxygen atoms in total. The van der Waals surface area contributed by atoms with Crippen LogP contribution in [0.4, 0.5) is 0 Å². The van der Waals surface area contributed by atoms with Crippen LogP contribution >= 0.6 is 0 Å². The van der Waals surface area contributed by atoms with Crippen molar-refractivity contribution >= 4 is 10.9 Å². The Morgan fingerprint density at radius 2 is 1.60 bits per heavy atom. The SMILES string of the molecule is COc1c(C(C)(C)C)cnc2c(C(C)(C)C)nccc12. The largest absolute Gasteiger partial charge is 0.496 e. The van der Waals surface area contributed by atoms with Crippen LogP contribution in [0.2, 0.25) is 0 Å². The zero-order valence-electron chi connectivity index (χ0n) is 13.5. The second-order valence-electron chi connectivity index (χ2n) is 7.26. The van der Waals surface area contributed by atoms with Gasteiger partial charge in [-0.25, -0.2) is 0 Å². The summed E-state index contributed by atoms with van der Waals surface area (Å²) < 4.78 is 5.69. The van der Waals surface area contributed by atoms with Crippen LogP contribution in [0.3, 0.4) is 0 Å². The molecule has 0 unspecified atom stereocenters. The van der Waals surface area contributed by atoms with E-state index in [1.807, 2.05) is 18.5 Å². The highest BCUT2D eigenvalue weighted by Crippen LogP contribution is 2.38. The van der Waals surface area contributed by atoms with E-state index in [4.69, 9.17) is 4.74 Å². The lowest BCUT2D eigenvalue weighted by Crippen LogP contribution is -2.17. The van der Waals surface area contributed by atoms with Gasteiger partial charge in [0.15, 0.2) is 0 Å². The van der Waals surface area contributed by atoms with Crippen molar-refractivity contribution < 1.29 is 4.74 Å².